The highest BCUT2D eigenvalue weighted by Crippen LogP contribution is 2.18. The molecule has 0 saturated carbocycles. The van der Waals surface area contributed by atoms with E-state index in [1.165, 1.54) is 7.11 Å². The van der Waals surface area contributed by atoms with Gasteiger partial charge in [-0.3, -0.25) is 0 Å². The Morgan fingerprint density at radius 1 is 1.35 bits per heavy atom. The third-order valence-corrected chi connectivity index (χ3v) is 2.88. The average molecular weight is 272 g/mol. The van der Waals surface area contributed by atoms with Gasteiger partial charge in [0.25, 0.3) is 0 Å². The summed E-state index contributed by atoms with van der Waals surface area (Å²) in [5.74, 6) is 0.0327. The molecule has 2 aromatic rings. The molecule has 1 aromatic heterocycles. The van der Waals surface area contributed by atoms with Crippen molar-refractivity contribution >= 4 is 11.7 Å². The number of aryl methyl sites for hydroxylation is 1. The van der Waals surface area contributed by atoms with Gasteiger partial charge in [-0.15, -0.1) is 0 Å². The van der Waals surface area contributed by atoms with E-state index >= 15 is 0 Å². The van der Waals surface area contributed by atoms with E-state index in [1.807, 2.05) is 6.92 Å². The third-order valence-electron chi connectivity index (χ3n) is 2.88. The first-order valence-corrected chi connectivity index (χ1v) is 6.13. The van der Waals surface area contributed by atoms with Gasteiger partial charge < -0.3 is 15.2 Å². The molecule has 0 radical (unpaired) electrons. The van der Waals surface area contributed by atoms with Gasteiger partial charge in [-0.1, -0.05) is 6.07 Å². The number of rotatable bonds is 4. The quantitative estimate of drug-likeness (QED) is 0.683. The van der Waals surface area contributed by atoms with E-state index in [-0.39, 0.29) is 6.61 Å². The van der Waals surface area contributed by atoms with E-state index in [2.05, 4.69) is 4.98 Å². The van der Waals surface area contributed by atoms with Gasteiger partial charge in [0.15, 0.2) is 0 Å². The Bertz CT molecular complexity index is 626. The van der Waals surface area contributed by atoms with Crippen molar-refractivity contribution < 1.29 is 14.3 Å². The molecule has 5 nitrogen and oxygen atoms in total. The van der Waals surface area contributed by atoms with E-state index < -0.39 is 5.97 Å². The lowest BCUT2D eigenvalue weighted by Gasteiger charge is -2.09. The van der Waals surface area contributed by atoms with Gasteiger partial charge in [0.05, 0.1) is 18.2 Å². The summed E-state index contributed by atoms with van der Waals surface area (Å²) in [6.07, 6.45) is 1.62. The predicted octanol–water partition coefficient (Wildman–Crippen LogP) is 2.34. The number of pyridine rings is 1. The summed E-state index contributed by atoms with van der Waals surface area (Å²) >= 11 is 0. The number of anilines is 1. The standard InChI is InChI=1S/C15H16N2O3/c1-10-5-6-12(16)8-13(10)15(18)20-9-11-4-3-7-17-14(11)19-2/h3-8H,9,16H2,1-2H3. The van der Waals surface area contributed by atoms with Crippen LogP contribution in [0.15, 0.2) is 36.5 Å². The zero-order valence-electron chi connectivity index (χ0n) is 11.4. The number of carbonyl (C=O) groups excluding carboxylic acids is 1. The van der Waals surface area contributed by atoms with Gasteiger partial charge in [0.2, 0.25) is 5.88 Å². The number of carbonyl (C=O) groups is 1. The first-order valence-electron chi connectivity index (χ1n) is 6.13. The molecule has 0 aliphatic heterocycles. The van der Waals surface area contributed by atoms with E-state index in [9.17, 15) is 4.79 Å². The maximum atomic E-state index is 12.1. The van der Waals surface area contributed by atoms with Crippen LogP contribution in [0, 0.1) is 6.92 Å². The molecule has 2 N–H and O–H groups in total. The Morgan fingerprint density at radius 3 is 2.90 bits per heavy atom. The molecule has 0 spiro atoms. The van der Waals surface area contributed by atoms with Gasteiger partial charge in [0.1, 0.15) is 6.61 Å². The molecule has 1 heterocycles. The minimum atomic E-state index is -0.416. The fourth-order valence-electron chi connectivity index (χ4n) is 1.80. The molecule has 0 atom stereocenters. The van der Waals surface area contributed by atoms with Gasteiger partial charge in [-0.25, -0.2) is 9.78 Å². The fourth-order valence-corrected chi connectivity index (χ4v) is 1.80. The number of hydrogen-bond acceptors (Lipinski definition) is 5. The summed E-state index contributed by atoms with van der Waals surface area (Å²) in [5.41, 5.74) is 8.21. The van der Waals surface area contributed by atoms with Gasteiger partial charge >= 0.3 is 5.97 Å². The highest BCUT2D eigenvalue weighted by atomic mass is 16.5. The zero-order valence-corrected chi connectivity index (χ0v) is 11.4. The second kappa shape index (κ2) is 6.06. The van der Waals surface area contributed by atoms with Crippen LogP contribution in [-0.4, -0.2) is 18.1 Å². The van der Waals surface area contributed by atoms with Crippen LogP contribution < -0.4 is 10.5 Å². The molecule has 2 rings (SSSR count). The normalized spacial score (nSPS) is 10.1. The molecule has 0 aliphatic carbocycles. The lowest BCUT2D eigenvalue weighted by atomic mass is 10.1. The molecule has 20 heavy (non-hydrogen) atoms. The highest BCUT2D eigenvalue weighted by Gasteiger charge is 2.12. The van der Waals surface area contributed by atoms with Crippen molar-refractivity contribution in [1.82, 2.24) is 4.98 Å². The van der Waals surface area contributed by atoms with Crippen LogP contribution in [0.2, 0.25) is 0 Å². The van der Waals surface area contributed by atoms with Crippen molar-refractivity contribution in [1.29, 1.82) is 0 Å². The number of esters is 1. The van der Waals surface area contributed by atoms with E-state index in [1.54, 1.807) is 36.5 Å². The summed E-state index contributed by atoms with van der Waals surface area (Å²) in [6, 6.07) is 8.70. The highest BCUT2D eigenvalue weighted by molar-refractivity contribution is 5.92. The molecule has 1 aromatic carbocycles. The fraction of sp³-hybridized carbons (Fsp3) is 0.200. The van der Waals surface area contributed by atoms with Crippen LogP contribution in [0.3, 0.4) is 0 Å². The number of nitrogens with two attached hydrogens (primary N) is 1. The van der Waals surface area contributed by atoms with Crippen LogP contribution in [-0.2, 0) is 11.3 Å². The smallest absolute Gasteiger partial charge is 0.338 e. The van der Waals surface area contributed by atoms with Crippen molar-refractivity contribution in [2.24, 2.45) is 0 Å². The minimum Gasteiger partial charge on any atom is -0.481 e. The number of methoxy groups -OCH3 is 1. The van der Waals surface area contributed by atoms with Crippen molar-refractivity contribution in [3.05, 3.63) is 53.2 Å². The van der Waals surface area contributed by atoms with Crippen LogP contribution in [0.1, 0.15) is 21.5 Å². The van der Waals surface area contributed by atoms with Crippen molar-refractivity contribution in [3.63, 3.8) is 0 Å². The molecule has 0 amide bonds. The largest absolute Gasteiger partial charge is 0.481 e. The molecule has 0 saturated heterocycles. The first-order chi connectivity index (χ1) is 9.61. The Morgan fingerprint density at radius 2 is 2.15 bits per heavy atom. The number of benzene rings is 1. The third kappa shape index (κ3) is 3.06. The van der Waals surface area contributed by atoms with Gasteiger partial charge in [0, 0.05) is 11.9 Å². The molecule has 0 aliphatic rings. The lowest BCUT2D eigenvalue weighted by Crippen LogP contribution is -2.08. The topological polar surface area (TPSA) is 74.4 Å². The number of ether oxygens (including phenoxy) is 2. The maximum Gasteiger partial charge on any atom is 0.338 e. The summed E-state index contributed by atoms with van der Waals surface area (Å²) in [5, 5.41) is 0. The SMILES string of the molecule is COc1ncccc1COC(=O)c1cc(N)ccc1C. The molecule has 0 unspecified atom stereocenters. The Labute approximate surface area is 117 Å². The summed E-state index contributed by atoms with van der Waals surface area (Å²) in [6.45, 7) is 1.94. The summed E-state index contributed by atoms with van der Waals surface area (Å²) in [4.78, 5) is 16.1. The second-order valence-corrected chi connectivity index (χ2v) is 4.32. The molecular weight excluding hydrogens is 256 g/mol. The molecule has 104 valence electrons. The predicted molar refractivity (Wildman–Crippen MR) is 75.5 cm³/mol. The monoisotopic (exact) mass is 272 g/mol. The Balaban J connectivity index is 2.11. The van der Waals surface area contributed by atoms with Crippen molar-refractivity contribution in [2.45, 2.75) is 13.5 Å². The maximum absolute atomic E-state index is 12.1. The number of hydrogen-bond donors (Lipinski definition) is 1. The van der Waals surface area contributed by atoms with Crippen molar-refractivity contribution in [2.75, 3.05) is 12.8 Å². The Kier molecular flexibility index (Phi) is 4.20. The van der Waals surface area contributed by atoms with E-state index in [4.69, 9.17) is 15.2 Å². The van der Waals surface area contributed by atoms with Crippen LogP contribution >= 0.6 is 0 Å². The lowest BCUT2D eigenvalue weighted by molar-refractivity contribution is 0.0468. The van der Waals surface area contributed by atoms with Crippen molar-refractivity contribution in [3.8, 4) is 5.88 Å². The summed E-state index contributed by atoms with van der Waals surface area (Å²) in [7, 11) is 1.52. The van der Waals surface area contributed by atoms with Gasteiger partial charge in [-0.2, -0.15) is 0 Å². The minimum absolute atomic E-state index is 0.101. The second-order valence-electron chi connectivity index (χ2n) is 4.32. The zero-order chi connectivity index (χ0) is 14.5. The molecule has 0 bridgehead atoms. The van der Waals surface area contributed by atoms with E-state index in [0.29, 0.717) is 22.7 Å². The number of nitrogen functional groups attached to an aromatic ring is 1. The number of aromatic nitrogens is 1. The first kappa shape index (κ1) is 13.9. The van der Waals surface area contributed by atoms with Crippen LogP contribution in [0.5, 0.6) is 5.88 Å². The van der Waals surface area contributed by atoms with Crippen LogP contribution in [0.25, 0.3) is 0 Å². The molecule has 5 heteroatoms. The van der Waals surface area contributed by atoms with Gasteiger partial charge in [-0.05, 0) is 36.8 Å². The molecular formula is C15H16N2O3. The van der Waals surface area contributed by atoms with E-state index in [0.717, 1.165) is 5.56 Å². The number of nitrogens with zero attached hydrogens (tertiary/aromatic N) is 1. The van der Waals surface area contributed by atoms with Crippen LogP contribution in [0.4, 0.5) is 5.69 Å². The Hall–Kier alpha value is -2.56. The average Bonchev–Trinajstić information content (AvgIpc) is 2.47. The summed E-state index contributed by atoms with van der Waals surface area (Å²) < 4.78 is 10.4. The molecule has 0 fully saturated rings.